The predicted octanol–water partition coefficient (Wildman–Crippen LogP) is 2.05. The van der Waals surface area contributed by atoms with Gasteiger partial charge < -0.3 is 20.1 Å². The largest absolute Gasteiger partial charge is 0.372 e. The third-order valence-electron chi connectivity index (χ3n) is 4.90. The molecule has 7 heteroatoms. The average Bonchev–Trinajstić information content (AvgIpc) is 3.12. The fourth-order valence-electron chi connectivity index (χ4n) is 3.28. The number of aromatic nitrogens is 3. The van der Waals surface area contributed by atoms with Crippen molar-refractivity contribution < 1.29 is 4.79 Å². The van der Waals surface area contributed by atoms with Crippen LogP contribution >= 0.6 is 0 Å². The predicted molar refractivity (Wildman–Crippen MR) is 102 cm³/mol. The third kappa shape index (κ3) is 3.01. The van der Waals surface area contributed by atoms with Gasteiger partial charge in [0.05, 0.1) is 5.39 Å². The molecule has 3 aromatic rings. The van der Waals surface area contributed by atoms with Crippen molar-refractivity contribution in [3.05, 3.63) is 42.2 Å². The van der Waals surface area contributed by atoms with Crippen molar-refractivity contribution in [1.29, 1.82) is 0 Å². The van der Waals surface area contributed by atoms with Crippen LogP contribution in [0.15, 0.2) is 36.7 Å². The molecule has 26 heavy (non-hydrogen) atoms. The summed E-state index contributed by atoms with van der Waals surface area (Å²) in [5.74, 6) is 0.893. The molecule has 1 aromatic carbocycles. The molecule has 1 fully saturated rings. The van der Waals surface area contributed by atoms with Gasteiger partial charge in [0.2, 0.25) is 0 Å². The number of amides is 1. The molecule has 1 aliphatic rings. The highest BCUT2D eigenvalue weighted by Crippen LogP contribution is 2.26. The summed E-state index contributed by atoms with van der Waals surface area (Å²) in [7, 11) is 3.92. The summed E-state index contributed by atoms with van der Waals surface area (Å²) in [5.41, 5.74) is 3.48. The first-order valence-electron chi connectivity index (χ1n) is 8.75. The van der Waals surface area contributed by atoms with Crippen molar-refractivity contribution in [2.24, 2.45) is 0 Å². The molecule has 0 saturated carbocycles. The Kier molecular flexibility index (Phi) is 4.30. The van der Waals surface area contributed by atoms with Crippen molar-refractivity contribution in [3.8, 4) is 11.3 Å². The van der Waals surface area contributed by atoms with E-state index in [0.717, 1.165) is 59.9 Å². The second kappa shape index (κ2) is 6.76. The lowest BCUT2D eigenvalue weighted by Crippen LogP contribution is -2.47. The van der Waals surface area contributed by atoms with Crippen molar-refractivity contribution in [3.63, 3.8) is 0 Å². The van der Waals surface area contributed by atoms with Gasteiger partial charge in [-0.3, -0.25) is 4.79 Å². The maximum Gasteiger partial charge on any atom is 0.253 e. The monoisotopic (exact) mass is 350 g/mol. The Bertz CT molecular complexity index is 925. The number of aromatic amines is 1. The Morgan fingerprint density at radius 3 is 2.54 bits per heavy atom. The van der Waals surface area contributed by atoms with Gasteiger partial charge in [-0.15, -0.1) is 0 Å². The van der Waals surface area contributed by atoms with E-state index in [4.69, 9.17) is 0 Å². The van der Waals surface area contributed by atoms with Crippen molar-refractivity contribution in [1.82, 2.24) is 24.8 Å². The molecule has 0 aliphatic carbocycles. The normalized spacial score (nSPS) is 15.4. The number of hydrogen-bond acceptors (Lipinski definition) is 5. The van der Waals surface area contributed by atoms with E-state index in [2.05, 4.69) is 32.2 Å². The Labute approximate surface area is 152 Å². The lowest BCUT2D eigenvalue weighted by atomic mass is 10.1. The second-order valence-corrected chi connectivity index (χ2v) is 6.59. The summed E-state index contributed by atoms with van der Waals surface area (Å²) in [5, 5.41) is 4.02. The minimum absolute atomic E-state index is 0.102. The van der Waals surface area contributed by atoms with E-state index in [-0.39, 0.29) is 5.91 Å². The van der Waals surface area contributed by atoms with E-state index in [1.807, 2.05) is 42.3 Å². The molecule has 2 N–H and O–H groups in total. The van der Waals surface area contributed by atoms with Gasteiger partial charge in [-0.05, 0) is 30.8 Å². The number of anilines is 1. The van der Waals surface area contributed by atoms with Gasteiger partial charge in [-0.2, -0.15) is 0 Å². The number of rotatable bonds is 3. The van der Waals surface area contributed by atoms with Crippen LogP contribution in [0.3, 0.4) is 0 Å². The van der Waals surface area contributed by atoms with Gasteiger partial charge in [0.25, 0.3) is 5.91 Å². The van der Waals surface area contributed by atoms with Crippen LogP contribution in [0, 0.1) is 0 Å². The number of nitrogens with one attached hydrogen (secondary N) is 2. The zero-order valence-electron chi connectivity index (χ0n) is 15.0. The molecule has 3 heterocycles. The molecule has 0 radical (unpaired) electrons. The smallest absolute Gasteiger partial charge is 0.253 e. The fourth-order valence-corrected chi connectivity index (χ4v) is 3.28. The van der Waals surface area contributed by atoms with Gasteiger partial charge in [-0.1, -0.05) is 12.1 Å². The van der Waals surface area contributed by atoms with E-state index in [1.54, 1.807) is 0 Å². The lowest BCUT2D eigenvalue weighted by molar-refractivity contribution is 0.0664. The standard InChI is InChI=1S/C19H22N6O/c1-20-17-15-11-16(23-18(15)22-12-21-17)13-3-5-14(6-4-13)19(26)25-9-7-24(2)8-10-25/h3-6,11-12H,7-10H2,1-2H3,(H2,20,21,22,23). The maximum absolute atomic E-state index is 12.7. The fraction of sp³-hybridized carbons (Fsp3) is 0.316. The quantitative estimate of drug-likeness (QED) is 0.756. The molecule has 0 spiro atoms. The molecule has 134 valence electrons. The zero-order chi connectivity index (χ0) is 18.1. The van der Waals surface area contributed by atoms with E-state index >= 15 is 0 Å². The van der Waals surface area contributed by atoms with Crippen molar-refractivity contribution in [2.45, 2.75) is 0 Å². The van der Waals surface area contributed by atoms with Crippen LogP contribution < -0.4 is 5.32 Å². The van der Waals surface area contributed by atoms with Gasteiger partial charge in [-0.25, -0.2) is 9.97 Å². The summed E-state index contributed by atoms with van der Waals surface area (Å²) in [4.78, 5) is 28.6. The highest BCUT2D eigenvalue weighted by molar-refractivity contribution is 5.95. The second-order valence-electron chi connectivity index (χ2n) is 6.59. The maximum atomic E-state index is 12.7. The summed E-state index contributed by atoms with van der Waals surface area (Å²) >= 11 is 0. The van der Waals surface area contributed by atoms with Gasteiger partial charge in [0.15, 0.2) is 0 Å². The summed E-state index contributed by atoms with van der Waals surface area (Å²) < 4.78 is 0. The number of piperazine rings is 1. The van der Waals surface area contributed by atoms with Crippen LogP contribution in [0.25, 0.3) is 22.3 Å². The van der Waals surface area contributed by atoms with Crippen LogP contribution in [0.1, 0.15) is 10.4 Å². The molecule has 2 aromatic heterocycles. The van der Waals surface area contributed by atoms with Gasteiger partial charge >= 0.3 is 0 Å². The van der Waals surface area contributed by atoms with Gasteiger partial charge in [0, 0.05) is 44.5 Å². The summed E-state index contributed by atoms with van der Waals surface area (Å²) in [6, 6.07) is 9.76. The van der Waals surface area contributed by atoms with Crippen molar-refractivity contribution in [2.75, 3.05) is 45.6 Å². The first-order chi connectivity index (χ1) is 12.7. The van der Waals surface area contributed by atoms with E-state index in [9.17, 15) is 4.79 Å². The van der Waals surface area contributed by atoms with Gasteiger partial charge in [0.1, 0.15) is 17.8 Å². The van der Waals surface area contributed by atoms with E-state index in [1.165, 1.54) is 6.33 Å². The lowest BCUT2D eigenvalue weighted by Gasteiger charge is -2.32. The highest BCUT2D eigenvalue weighted by atomic mass is 16.2. The highest BCUT2D eigenvalue weighted by Gasteiger charge is 2.20. The molecule has 1 aliphatic heterocycles. The Morgan fingerprint density at radius 2 is 1.85 bits per heavy atom. The van der Waals surface area contributed by atoms with Crippen LogP contribution in [0.4, 0.5) is 5.82 Å². The number of benzene rings is 1. The van der Waals surface area contributed by atoms with E-state index < -0.39 is 0 Å². The first-order valence-corrected chi connectivity index (χ1v) is 8.75. The number of carbonyl (C=O) groups excluding carboxylic acids is 1. The topological polar surface area (TPSA) is 77.1 Å². The van der Waals surface area contributed by atoms with Crippen LogP contribution in [-0.2, 0) is 0 Å². The molecular formula is C19H22N6O. The minimum Gasteiger partial charge on any atom is -0.372 e. The first kappa shape index (κ1) is 16.5. The summed E-state index contributed by atoms with van der Waals surface area (Å²) in [6.45, 7) is 3.41. The van der Waals surface area contributed by atoms with Crippen molar-refractivity contribution >= 4 is 22.8 Å². The minimum atomic E-state index is 0.102. The number of H-pyrrole nitrogens is 1. The van der Waals surface area contributed by atoms with Crippen LogP contribution in [0.5, 0.6) is 0 Å². The third-order valence-corrected chi connectivity index (χ3v) is 4.90. The summed E-state index contributed by atoms with van der Waals surface area (Å²) in [6.07, 6.45) is 1.53. The zero-order valence-corrected chi connectivity index (χ0v) is 15.0. The Balaban J connectivity index is 1.57. The molecule has 7 nitrogen and oxygen atoms in total. The Morgan fingerprint density at radius 1 is 1.12 bits per heavy atom. The molecular weight excluding hydrogens is 328 g/mol. The number of hydrogen-bond donors (Lipinski definition) is 2. The number of nitrogens with zero attached hydrogens (tertiary/aromatic N) is 4. The molecule has 1 amide bonds. The molecule has 1 saturated heterocycles. The molecule has 0 bridgehead atoms. The number of likely N-dealkylation sites (N-methyl/N-ethyl adjacent to an activating group) is 1. The molecule has 0 atom stereocenters. The van der Waals surface area contributed by atoms with E-state index in [0.29, 0.717) is 0 Å². The number of fused-ring (bicyclic) bond motifs is 1. The molecule has 0 unspecified atom stereocenters. The van der Waals surface area contributed by atoms with Crippen LogP contribution in [-0.4, -0.2) is 70.9 Å². The number of carbonyl (C=O) groups is 1. The van der Waals surface area contributed by atoms with Crippen LogP contribution in [0.2, 0.25) is 0 Å². The Hall–Kier alpha value is -2.93. The SMILES string of the molecule is CNc1ncnc2[nH]c(-c3ccc(C(=O)N4CCN(C)CC4)cc3)cc12. The average molecular weight is 350 g/mol. The molecule has 4 rings (SSSR count).